The summed E-state index contributed by atoms with van der Waals surface area (Å²) in [6, 6.07) is 9.04. The van der Waals surface area contributed by atoms with Gasteiger partial charge in [-0.05, 0) is 38.1 Å². The second-order valence-electron chi connectivity index (χ2n) is 4.65. The summed E-state index contributed by atoms with van der Waals surface area (Å²) in [6.45, 7) is 4.24. The van der Waals surface area contributed by atoms with Gasteiger partial charge < -0.3 is 15.2 Å². The quantitative estimate of drug-likeness (QED) is 0.837. The van der Waals surface area contributed by atoms with E-state index in [1.807, 2.05) is 13.8 Å². The maximum atomic E-state index is 13.9. The molecule has 1 unspecified atom stereocenters. The van der Waals surface area contributed by atoms with Crippen LogP contribution in [0.25, 0.3) is 0 Å². The van der Waals surface area contributed by atoms with Gasteiger partial charge in [0, 0.05) is 16.7 Å². The van der Waals surface area contributed by atoms with Gasteiger partial charge in [-0.25, -0.2) is 4.39 Å². The van der Waals surface area contributed by atoms with Gasteiger partial charge >= 0.3 is 0 Å². The topological polar surface area (TPSA) is 41.5 Å². The number of halogens is 2. The molecule has 0 aliphatic heterocycles. The van der Waals surface area contributed by atoms with Crippen LogP contribution in [-0.4, -0.2) is 11.7 Å². The lowest BCUT2D eigenvalue weighted by molar-refractivity contribution is 0.341. The number of phenols is 1. The van der Waals surface area contributed by atoms with Gasteiger partial charge in [-0.15, -0.1) is 0 Å². The molecule has 3 nitrogen and oxygen atoms in total. The monoisotopic (exact) mass is 309 g/mol. The molecule has 0 fully saturated rings. The van der Waals surface area contributed by atoms with Crippen molar-refractivity contribution in [1.82, 2.24) is 0 Å². The van der Waals surface area contributed by atoms with Crippen molar-refractivity contribution in [2.45, 2.75) is 19.9 Å². The zero-order chi connectivity index (χ0) is 15.4. The smallest absolute Gasteiger partial charge is 0.142 e. The Morgan fingerprint density at radius 2 is 2.05 bits per heavy atom. The van der Waals surface area contributed by atoms with Crippen molar-refractivity contribution in [1.29, 1.82) is 0 Å². The fraction of sp³-hybridized carbons (Fsp3) is 0.250. The van der Waals surface area contributed by atoms with Gasteiger partial charge in [0.05, 0.1) is 18.3 Å². The maximum absolute atomic E-state index is 13.9. The highest BCUT2D eigenvalue weighted by atomic mass is 35.5. The van der Waals surface area contributed by atoms with Crippen LogP contribution >= 0.6 is 11.6 Å². The third kappa shape index (κ3) is 3.79. The maximum Gasteiger partial charge on any atom is 0.142 e. The fourth-order valence-electron chi connectivity index (χ4n) is 2.07. The molecule has 0 heterocycles. The molecule has 2 aromatic carbocycles. The standard InChI is InChI=1S/C16H17ClFNO2/c1-3-21-16-7-4-11(17)8-15(16)19-10(2)13-6-5-12(20)9-14(13)18/h4-10,19-20H,3H2,1-2H3. The van der Waals surface area contributed by atoms with Crippen LogP contribution in [0.3, 0.4) is 0 Å². The molecule has 0 aliphatic rings. The van der Waals surface area contributed by atoms with E-state index in [4.69, 9.17) is 16.3 Å². The first-order chi connectivity index (χ1) is 10.0. The molecule has 0 aromatic heterocycles. The molecule has 1 atom stereocenters. The second-order valence-corrected chi connectivity index (χ2v) is 5.08. The lowest BCUT2D eigenvalue weighted by Gasteiger charge is -2.19. The van der Waals surface area contributed by atoms with E-state index in [2.05, 4.69) is 5.32 Å². The molecule has 0 bridgehead atoms. The van der Waals surface area contributed by atoms with E-state index >= 15 is 0 Å². The lowest BCUT2D eigenvalue weighted by Crippen LogP contribution is -2.10. The Labute approximate surface area is 128 Å². The van der Waals surface area contributed by atoms with E-state index < -0.39 is 5.82 Å². The Balaban J connectivity index is 2.26. The Kier molecular flexibility index (Phi) is 4.91. The van der Waals surface area contributed by atoms with Crippen LogP contribution in [0.1, 0.15) is 25.5 Å². The minimum atomic E-state index is -0.463. The first-order valence-electron chi connectivity index (χ1n) is 6.68. The number of ether oxygens (including phenoxy) is 1. The summed E-state index contributed by atoms with van der Waals surface area (Å²) in [7, 11) is 0. The molecule has 5 heteroatoms. The predicted octanol–water partition coefficient (Wildman–Crippen LogP) is 4.76. The number of nitrogens with one attached hydrogen (secondary N) is 1. The zero-order valence-corrected chi connectivity index (χ0v) is 12.6. The van der Waals surface area contributed by atoms with Gasteiger partial charge in [0.1, 0.15) is 17.3 Å². The first kappa shape index (κ1) is 15.4. The zero-order valence-electron chi connectivity index (χ0n) is 11.9. The number of phenolic OH excluding ortho intramolecular Hbond substituents is 1. The molecule has 2 rings (SSSR count). The number of hydrogen-bond donors (Lipinski definition) is 2. The van der Waals surface area contributed by atoms with Crippen LogP contribution in [0.2, 0.25) is 5.02 Å². The summed E-state index contributed by atoms with van der Waals surface area (Å²) in [5.41, 5.74) is 1.15. The van der Waals surface area contributed by atoms with Gasteiger partial charge in [0.25, 0.3) is 0 Å². The number of rotatable bonds is 5. The highest BCUT2D eigenvalue weighted by molar-refractivity contribution is 6.30. The van der Waals surface area contributed by atoms with E-state index in [1.165, 1.54) is 6.07 Å². The molecule has 2 N–H and O–H groups in total. The molecule has 0 aliphatic carbocycles. The summed E-state index contributed by atoms with van der Waals surface area (Å²) >= 11 is 6.00. The number of aromatic hydroxyl groups is 1. The largest absolute Gasteiger partial charge is 0.508 e. The molecule has 0 saturated carbocycles. The van der Waals surface area contributed by atoms with E-state index in [0.29, 0.717) is 28.6 Å². The van der Waals surface area contributed by atoms with Gasteiger partial charge in [-0.2, -0.15) is 0 Å². The number of hydrogen-bond acceptors (Lipinski definition) is 3. The second kappa shape index (κ2) is 6.68. The minimum Gasteiger partial charge on any atom is -0.508 e. The molecule has 0 spiro atoms. The fourth-order valence-corrected chi connectivity index (χ4v) is 2.25. The third-order valence-electron chi connectivity index (χ3n) is 3.06. The third-order valence-corrected chi connectivity index (χ3v) is 3.30. The Hall–Kier alpha value is -1.94. The van der Waals surface area contributed by atoms with Crippen LogP contribution in [0.15, 0.2) is 36.4 Å². The summed E-state index contributed by atoms with van der Waals surface area (Å²) in [4.78, 5) is 0. The van der Waals surface area contributed by atoms with Crippen molar-refractivity contribution in [3.8, 4) is 11.5 Å². The van der Waals surface area contributed by atoms with Crippen LogP contribution in [-0.2, 0) is 0 Å². The Morgan fingerprint density at radius 3 is 2.71 bits per heavy atom. The van der Waals surface area contributed by atoms with Crippen molar-refractivity contribution in [3.05, 3.63) is 52.8 Å². The van der Waals surface area contributed by atoms with Crippen molar-refractivity contribution in [2.75, 3.05) is 11.9 Å². The summed E-state index contributed by atoms with van der Waals surface area (Å²) in [5.74, 6) is 0.101. The molecule has 0 saturated heterocycles. The van der Waals surface area contributed by atoms with Crippen molar-refractivity contribution in [2.24, 2.45) is 0 Å². The minimum absolute atomic E-state index is 0.0961. The molecule has 112 valence electrons. The Bertz CT molecular complexity index is 634. The molecule has 0 radical (unpaired) electrons. The van der Waals surface area contributed by atoms with Crippen LogP contribution in [0.4, 0.5) is 10.1 Å². The SMILES string of the molecule is CCOc1ccc(Cl)cc1NC(C)c1ccc(O)cc1F. The Morgan fingerprint density at radius 1 is 1.29 bits per heavy atom. The summed E-state index contributed by atoms with van der Waals surface area (Å²) in [6.07, 6.45) is 0. The molecule has 0 amide bonds. The molecular weight excluding hydrogens is 293 g/mol. The van der Waals surface area contributed by atoms with Crippen molar-refractivity contribution < 1.29 is 14.2 Å². The normalized spacial score (nSPS) is 12.0. The van der Waals surface area contributed by atoms with E-state index in [1.54, 1.807) is 24.3 Å². The summed E-state index contributed by atoms with van der Waals surface area (Å²) in [5, 5.41) is 13.0. The van der Waals surface area contributed by atoms with Crippen molar-refractivity contribution >= 4 is 17.3 Å². The molecular formula is C16H17ClFNO2. The number of benzene rings is 2. The molecule has 21 heavy (non-hydrogen) atoms. The predicted molar refractivity (Wildman–Crippen MR) is 82.7 cm³/mol. The van der Waals surface area contributed by atoms with Gasteiger partial charge in [-0.3, -0.25) is 0 Å². The first-order valence-corrected chi connectivity index (χ1v) is 7.06. The van der Waals surface area contributed by atoms with Crippen LogP contribution in [0.5, 0.6) is 11.5 Å². The average molecular weight is 310 g/mol. The highest BCUT2D eigenvalue weighted by Gasteiger charge is 2.14. The summed E-state index contributed by atoms with van der Waals surface area (Å²) < 4.78 is 19.4. The van der Waals surface area contributed by atoms with E-state index in [0.717, 1.165) is 6.07 Å². The van der Waals surface area contributed by atoms with Gasteiger partial charge in [-0.1, -0.05) is 17.7 Å². The van der Waals surface area contributed by atoms with Gasteiger partial charge in [0.2, 0.25) is 0 Å². The lowest BCUT2D eigenvalue weighted by atomic mass is 10.1. The number of anilines is 1. The van der Waals surface area contributed by atoms with Crippen LogP contribution < -0.4 is 10.1 Å². The van der Waals surface area contributed by atoms with Gasteiger partial charge in [0.15, 0.2) is 0 Å². The van der Waals surface area contributed by atoms with E-state index in [-0.39, 0.29) is 11.8 Å². The molecule has 2 aromatic rings. The van der Waals surface area contributed by atoms with Crippen LogP contribution in [0, 0.1) is 5.82 Å². The van der Waals surface area contributed by atoms with E-state index in [9.17, 15) is 9.50 Å². The average Bonchev–Trinajstić information content (AvgIpc) is 2.41. The van der Waals surface area contributed by atoms with Crippen molar-refractivity contribution in [3.63, 3.8) is 0 Å². The highest BCUT2D eigenvalue weighted by Crippen LogP contribution is 2.32.